The van der Waals surface area contributed by atoms with Crippen molar-refractivity contribution in [2.45, 2.75) is 51.5 Å². The second kappa shape index (κ2) is 30.6. The van der Waals surface area contributed by atoms with Gasteiger partial charge in [0.25, 0.3) is 0 Å². The molecule has 3 aromatic heterocycles. The number of phenolic OH excluding ortho intramolecular Hbond substituents is 1. The number of ether oxygens (including phenoxy) is 7. The number of H-pyrrole nitrogens is 1. The predicted molar refractivity (Wildman–Crippen MR) is 235 cm³/mol. The lowest BCUT2D eigenvalue weighted by Gasteiger charge is -2.09. The van der Waals surface area contributed by atoms with Crippen molar-refractivity contribution < 1.29 is 52.6 Å². The van der Waals surface area contributed by atoms with Crippen LogP contribution >= 0.6 is 0 Å². The van der Waals surface area contributed by atoms with Gasteiger partial charge in [0, 0.05) is 62.8 Å². The molecule has 0 saturated heterocycles. The highest BCUT2D eigenvalue weighted by Crippen LogP contribution is 2.32. The number of anilines is 1. The first kappa shape index (κ1) is 50.2. The maximum Gasteiger partial charge on any atom is 0.222 e. The maximum atomic E-state index is 12.3. The molecule has 63 heavy (non-hydrogen) atoms. The third kappa shape index (κ3) is 20.1. The molecule has 4 rings (SSSR count). The number of carbonyl (C=O) groups is 3. The molecule has 0 bridgehead atoms. The molecule has 4 aromatic rings. The van der Waals surface area contributed by atoms with Crippen LogP contribution in [-0.2, 0) is 54.1 Å². The van der Waals surface area contributed by atoms with E-state index >= 15 is 0 Å². The number of terminal acetylenes is 1. The van der Waals surface area contributed by atoms with Gasteiger partial charge in [-0.25, -0.2) is 14.6 Å². The highest BCUT2D eigenvalue weighted by atomic mass is 16.6. The van der Waals surface area contributed by atoms with Crippen LogP contribution in [0, 0.1) is 12.3 Å². The number of aromatic nitrogens is 5. The van der Waals surface area contributed by atoms with E-state index in [0.29, 0.717) is 160 Å². The number of rotatable bonds is 36. The van der Waals surface area contributed by atoms with Gasteiger partial charge in [-0.2, -0.15) is 5.10 Å². The van der Waals surface area contributed by atoms with Crippen molar-refractivity contribution in [3.05, 3.63) is 30.6 Å². The number of hydrogen-bond acceptors (Lipinski definition) is 15. The number of hydrogen-bond donors (Lipinski definition) is 6. The number of carbonyl (C=O) groups excluding carboxylic acids is 3. The van der Waals surface area contributed by atoms with Gasteiger partial charge in [0.2, 0.25) is 17.7 Å². The summed E-state index contributed by atoms with van der Waals surface area (Å²) >= 11 is 0. The van der Waals surface area contributed by atoms with Crippen molar-refractivity contribution >= 4 is 45.5 Å². The normalized spacial score (nSPS) is 11.3. The SMILES string of the molecule is C#CCCCC(=O)NCCOCCOCCOCCC(=O)NCCOCCOCCOCCOCCC(=O)NCCCCn1nc(-c2cc3cc(O)ccc3[nH]2)c2c(N)ncnc21. The van der Waals surface area contributed by atoms with E-state index in [1.54, 1.807) is 22.9 Å². The Balaban J connectivity index is 0.868. The molecule has 0 radical (unpaired) electrons. The highest BCUT2D eigenvalue weighted by Gasteiger charge is 2.19. The number of aromatic hydroxyl groups is 1. The summed E-state index contributed by atoms with van der Waals surface area (Å²) in [6, 6.07) is 7.01. The zero-order valence-electron chi connectivity index (χ0n) is 36.0. The van der Waals surface area contributed by atoms with E-state index in [2.05, 4.69) is 36.8 Å². The summed E-state index contributed by atoms with van der Waals surface area (Å²) in [6.45, 7) is 7.28. The van der Waals surface area contributed by atoms with Crippen molar-refractivity contribution in [1.82, 2.24) is 40.7 Å². The van der Waals surface area contributed by atoms with Gasteiger partial charge in [-0.1, -0.05) is 0 Å². The van der Waals surface area contributed by atoms with Crippen molar-refractivity contribution in [2.24, 2.45) is 0 Å². The smallest absolute Gasteiger partial charge is 0.222 e. The van der Waals surface area contributed by atoms with Crippen LogP contribution in [0.4, 0.5) is 5.82 Å². The number of fused-ring (bicyclic) bond motifs is 2. The monoisotopic (exact) mass is 881 g/mol. The largest absolute Gasteiger partial charge is 0.508 e. The van der Waals surface area contributed by atoms with Crippen LogP contribution in [0.3, 0.4) is 0 Å². The third-order valence-electron chi connectivity index (χ3n) is 9.21. The zero-order valence-corrected chi connectivity index (χ0v) is 36.0. The average molecular weight is 882 g/mol. The molecule has 3 amide bonds. The number of benzene rings is 1. The molecule has 0 fully saturated rings. The van der Waals surface area contributed by atoms with Crippen molar-refractivity contribution in [3.8, 4) is 29.5 Å². The minimum absolute atomic E-state index is 0.0301. The number of nitrogens with zero attached hydrogens (tertiary/aromatic N) is 4. The minimum atomic E-state index is -0.120. The molecular formula is C43H63N9O11. The topological polar surface area (TPSA) is 258 Å². The van der Waals surface area contributed by atoms with Crippen LogP contribution in [0.15, 0.2) is 30.6 Å². The first-order chi connectivity index (χ1) is 30.9. The fraction of sp³-hybridized carbons (Fsp3) is 0.581. The molecule has 0 saturated carbocycles. The van der Waals surface area contributed by atoms with Crippen molar-refractivity contribution in [1.29, 1.82) is 0 Å². The number of aromatic amines is 1. The Kier molecular flexibility index (Phi) is 24.4. The van der Waals surface area contributed by atoms with E-state index in [1.807, 2.05) is 6.07 Å². The number of nitrogens with one attached hydrogen (secondary N) is 4. The Labute approximate surface area is 367 Å². The number of phenols is 1. The van der Waals surface area contributed by atoms with E-state index in [1.165, 1.54) is 6.33 Å². The van der Waals surface area contributed by atoms with Crippen LogP contribution in [0.1, 0.15) is 44.9 Å². The lowest BCUT2D eigenvalue weighted by Crippen LogP contribution is -2.28. The predicted octanol–water partition coefficient (Wildman–Crippen LogP) is 2.09. The van der Waals surface area contributed by atoms with E-state index < -0.39 is 0 Å². The molecule has 0 aliphatic carbocycles. The van der Waals surface area contributed by atoms with Gasteiger partial charge in [-0.15, -0.1) is 12.3 Å². The van der Waals surface area contributed by atoms with E-state index in [4.69, 9.17) is 50.4 Å². The lowest BCUT2D eigenvalue weighted by molar-refractivity contribution is -0.123. The molecule has 20 nitrogen and oxygen atoms in total. The number of unbranched alkanes of at least 4 members (excludes halogenated alkanes) is 2. The minimum Gasteiger partial charge on any atom is -0.508 e. The highest BCUT2D eigenvalue weighted by molar-refractivity contribution is 6.00. The standard InChI is InChI=1S/C43H63N9O11/c1-2-3-4-7-37(54)46-13-18-59-22-26-61-24-20-58-17-11-39(56)47-14-19-60-23-27-63-29-28-62-25-21-57-16-10-38(55)45-12-5-6-15-52-43-40(42(44)48-32-49-43)41(51-52)36-31-33-30-34(53)8-9-35(33)50-36/h1,8-9,30-32,50,53H,3-7,10-29H2,(H,45,55)(H,46,54)(H,47,56)(H2,44,48,49). The summed E-state index contributed by atoms with van der Waals surface area (Å²) in [5, 5.41) is 24.6. The van der Waals surface area contributed by atoms with Crippen LogP contribution in [0.5, 0.6) is 5.75 Å². The first-order valence-corrected chi connectivity index (χ1v) is 21.4. The Morgan fingerprint density at radius 1 is 0.683 bits per heavy atom. The van der Waals surface area contributed by atoms with Crippen LogP contribution in [0.25, 0.3) is 33.3 Å². The molecule has 0 unspecified atom stereocenters. The average Bonchev–Trinajstić information content (AvgIpc) is 3.87. The fourth-order valence-corrected chi connectivity index (χ4v) is 6.01. The Morgan fingerprint density at radius 2 is 1.22 bits per heavy atom. The first-order valence-electron chi connectivity index (χ1n) is 21.4. The molecule has 346 valence electrons. The van der Waals surface area contributed by atoms with Gasteiger partial charge in [0.05, 0.1) is 104 Å². The third-order valence-corrected chi connectivity index (χ3v) is 9.21. The summed E-state index contributed by atoms with van der Waals surface area (Å²) in [6.07, 6.45) is 10.3. The molecule has 0 aliphatic heterocycles. The fourth-order valence-electron chi connectivity index (χ4n) is 6.01. The Hall–Kier alpha value is -5.40. The van der Waals surface area contributed by atoms with Crippen LogP contribution < -0.4 is 21.7 Å². The van der Waals surface area contributed by atoms with Crippen LogP contribution in [-0.4, -0.2) is 160 Å². The summed E-state index contributed by atoms with van der Waals surface area (Å²) in [5.74, 6) is 2.78. The van der Waals surface area contributed by atoms with Gasteiger partial charge in [0.1, 0.15) is 23.6 Å². The lowest BCUT2D eigenvalue weighted by atomic mass is 10.2. The Morgan fingerprint density at radius 3 is 1.81 bits per heavy atom. The quantitative estimate of drug-likeness (QED) is 0.0283. The molecule has 0 aliphatic rings. The summed E-state index contributed by atoms with van der Waals surface area (Å²) in [5.41, 5.74) is 9.10. The summed E-state index contributed by atoms with van der Waals surface area (Å²) in [4.78, 5) is 47.7. The molecule has 3 heterocycles. The number of amides is 3. The zero-order chi connectivity index (χ0) is 44.7. The second-order valence-corrected chi connectivity index (χ2v) is 14.1. The summed E-state index contributed by atoms with van der Waals surface area (Å²) < 4.78 is 40.1. The molecule has 1 aromatic carbocycles. The van der Waals surface area contributed by atoms with E-state index in [0.717, 1.165) is 29.4 Å². The second-order valence-electron chi connectivity index (χ2n) is 14.1. The van der Waals surface area contributed by atoms with Gasteiger partial charge < -0.3 is 64.9 Å². The Bertz CT molecular complexity index is 1980. The van der Waals surface area contributed by atoms with Crippen LogP contribution in [0.2, 0.25) is 0 Å². The molecule has 0 atom stereocenters. The number of aryl methyl sites for hydroxylation is 1. The maximum absolute atomic E-state index is 12.3. The van der Waals surface area contributed by atoms with Gasteiger partial charge >= 0.3 is 0 Å². The molecule has 7 N–H and O–H groups in total. The van der Waals surface area contributed by atoms with E-state index in [-0.39, 0.29) is 36.3 Å². The van der Waals surface area contributed by atoms with Gasteiger partial charge in [-0.05, 0) is 43.5 Å². The number of nitrogen functional groups attached to an aromatic ring is 1. The van der Waals surface area contributed by atoms with Crippen molar-refractivity contribution in [3.63, 3.8) is 0 Å². The van der Waals surface area contributed by atoms with Crippen molar-refractivity contribution in [2.75, 3.05) is 118 Å². The van der Waals surface area contributed by atoms with Gasteiger partial charge in [0.15, 0.2) is 5.65 Å². The molecule has 0 spiro atoms. The number of nitrogens with two attached hydrogens (primary N) is 1. The summed E-state index contributed by atoms with van der Waals surface area (Å²) in [7, 11) is 0. The molecular weight excluding hydrogens is 819 g/mol. The molecule has 20 heteroatoms. The van der Waals surface area contributed by atoms with Gasteiger partial charge in [-0.3, -0.25) is 14.4 Å². The van der Waals surface area contributed by atoms with E-state index in [9.17, 15) is 19.5 Å².